The van der Waals surface area contributed by atoms with Crippen molar-refractivity contribution < 1.29 is 31.1 Å². The number of pyridine rings is 1. The van der Waals surface area contributed by atoms with Crippen LogP contribution in [0.25, 0.3) is 22.0 Å². The number of nitrogens with one attached hydrogen (secondary N) is 2. The van der Waals surface area contributed by atoms with E-state index in [1.54, 1.807) is 24.3 Å². The molecule has 1 amide bonds. The second kappa shape index (κ2) is 9.62. The van der Waals surface area contributed by atoms with E-state index in [9.17, 15) is 31.2 Å². The zero-order valence-corrected chi connectivity index (χ0v) is 20.3. The average molecular weight is 544 g/mol. The number of carbonyl (C=O) groups excluding carboxylic acids is 1. The summed E-state index contributed by atoms with van der Waals surface area (Å²) in [6.07, 6.45) is -6.11. The van der Waals surface area contributed by atoms with Gasteiger partial charge in [-0.15, -0.1) is 0 Å². The molecule has 0 aliphatic carbocycles. The van der Waals surface area contributed by atoms with E-state index in [-0.39, 0.29) is 34.6 Å². The molecule has 1 saturated heterocycles. The minimum Gasteiger partial charge on any atom is -0.443 e. The van der Waals surface area contributed by atoms with Crippen molar-refractivity contribution in [2.45, 2.75) is 17.2 Å². The topological polar surface area (TPSA) is 109 Å². The van der Waals surface area contributed by atoms with E-state index in [1.807, 2.05) is 0 Å². The number of hydrogen-bond acceptors (Lipinski definition) is 5. The van der Waals surface area contributed by atoms with Gasteiger partial charge in [-0.25, -0.2) is 17.9 Å². The zero-order chi connectivity index (χ0) is 27.1. The van der Waals surface area contributed by atoms with Crippen molar-refractivity contribution in [1.82, 2.24) is 9.71 Å². The van der Waals surface area contributed by atoms with Crippen LogP contribution in [0.3, 0.4) is 0 Å². The summed E-state index contributed by atoms with van der Waals surface area (Å²) < 4.78 is 73.0. The fraction of sp³-hybridized carbons (Fsp3) is 0.154. The summed E-state index contributed by atoms with van der Waals surface area (Å²) >= 11 is 0. The van der Waals surface area contributed by atoms with E-state index >= 15 is 0 Å². The fourth-order valence-electron chi connectivity index (χ4n) is 4.25. The summed E-state index contributed by atoms with van der Waals surface area (Å²) in [5.74, 6) is 0. The molecular formula is C26H20F3N3O5S. The Morgan fingerprint density at radius 2 is 1.68 bits per heavy atom. The lowest BCUT2D eigenvalue weighted by Crippen LogP contribution is -2.34. The van der Waals surface area contributed by atoms with Gasteiger partial charge in [0.15, 0.2) is 0 Å². The molecule has 8 nitrogen and oxygen atoms in total. The van der Waals surface area contributed by atoms with E-state index in [0.29, 0.717) is 11.1 Å². The first-order valence-electron chi connectivity index (χ1n) is 11.4. The van der Waals surface area contributed by atoms with Crippen LogP contribution in [0, 0.1) is 0 Å². The van der Waals surface area contributed by atoms with Gasteiger partial charge in [-0.2, -0.15) is 13.2 Å². The molecule has 3 aromatic carbocycles. The zero-order valence-electron chi connectivity index (χ0n) is 19.5. The Morgan fingerprint density at radius 3 is 2.42 bits per heavy atom. The number of anilines is 1. The first kappa shape index (κ1) is 25.5. The van der Waals surface area contributed by atoms with Gasteiger partial charge in [-0.1, -0.05) is 42.5 Å². The standard InChI is InChI=1S/C26H20F3N3O5S/c27-26(28,29)22-9-5-4-8-20(22)23-12-16-10-11-17(13-21(16)24(33)31-23)32-15-18(37-25(32)34)14-30-38(35,36)19-6-2-1-3-7-19/h1-13,18,30H,14-15H2,(H,31,33). The van der Waals surface area contributed by atoms with Gasteiger partial charge in [0.1, 0.15) is 6.10 Å². The number of amides is 1. The van der Waals surface area contributed by atoms with Crippen LogP contribution >= 0.6 is 0 Å². The lowest BCUT2D eigenvalue weighted by molar-refractivity contribution is -0.137. The highest BCUT2D eigenvalue weighted by atomic mass is 32.2. The van der Waals surface area contributed by atoms with Crippen molar-refractivity contribution in [3.8, 4) is 11.3 Å². The van der Waals surface area contributed by atoms with Gasteiger partial charge in [0, 0.05) is 28.9 Å². The number of hydrogen-bond donors (Lipinski definition) is 2. The molecule has 1 unspecified atom stereocenters. The quantitative estimate of drug-likeness (QED) is 0.372. The minimum absolute atomic E-state index is 0.00882. The van der Waals surface area contributed by atoms with E-state index in [1.165, 1.54) is 53.4 Å². The van der Waals surface area contributed by atoms with Gasteiger partial charge >= 0.3 is 12.3 Å². The van der Waals surface area contributed by atoms with E-state index in [2.05, 4.69) is 9.71 Å². The number of aromatic nitrogens is 1. The summed E-state index contributed by atoms with van der Waals surface area (Å²) in [4.78, 5) is 29.2. The molecule has 38 heavy (non-hydrogen) atoms. The normalized spacial score (nSPS) is 16.1. The Morgan fingerprint density at radius 1 is 0.974 bits per heavy atom. The number of sulfonamides is 1. The third-order valence-corrected chi connectivity index (χ3v) is 7.53. The number of cyclic esters (lactones) is 1. The number of aromatic amines is 1. The van der Waals surface area contributed by atoms with Gasteiger partial charge < -0.3 is 9.72 Å². The second-order valence-corrected chi connectivity index (χ2v) is 10.4. The average Bonchev–Trinajstić information content (AvgIpc) is 3.28. The summed E-state index contributed by atoms with van der Waals surface area (Å²) in [6.45, 7) is -0.133. The van der Waals surface area contributed by atoms with Gasteiger partial charge in [0.2, 0.25) is 10.0 Å². The summed E-state index contributed by atoms with van der Waals surface area (Å²) in [5.41, 5.74) is -1.33. The number of benzene rings is 3. The highest BCUT2D eigenvalue weighted by Gasteiger charge is 2.35. The molecule has 2 heterocycles. The Balaban J connectivity index is 1.37. The predicted octanol–water partition coefficient (Wildman–Crippen LogP) is 4.52. The molecule has 1 aliphatic rings. The van der Waals surface area contributed by atoms with Gasteiger partial charge in [0.25, 0.3) is 5.56 Å². The van der Waals surface area contributed by atoms with Crippen LogP contribution in [0.1, 0.15) is 5.56 Å². The van der Waals surface area contributed by atoms with Gasteiger partial charge in [0.05, 0.1) is 17.0 Å². The smallest absolute Gasteiger partial charge is 0.417 e. The van der Waals surface area contributed by atoms with Crippen molar-refractivity contribution in [1.29, 1.82) is 0 Å². The maximum atomic E-state index is 13.5. The summed E-state index contributed by atoms with van der Waals surface area (Å²) in [5, 5.41) is 0.543. The molecule has 4 aromatic rings. The fourth-order valence-corrected chi connectivity index (χ4v) is 5.34. The molecule has 1 atom stereocenters. The molecule has 2 N–H and O–H groups in total. The van der Waals surface area contributed by atoms with Crippen LogP contribution in [-0.2, 0) is 20.9 Å². The first-order valence-corrected chi connectivity index (χ1v) is 12.9. The van der Waals surface area contributed by atoms with Crippen LogP contribution < -0.4 is 15.2 Å². The Labute approximate surface area is 214 Å². The van der Waals surface area contributed by atoms with Crippen LogP contribution in [0.5, 0.6) is 0 Å². The van der Waals surface area contributed by atoms with E-state index < -0.39 is 39.5 Å². The largest absolute Gasteiger partial charge is 0.443 e. The molecule has 0 saturated carbocycles. The molecule has 5 rings (SSSR count). The Hall–Kier alpha value is -4.16. The van der Waals surface area contributed by atoms with Gasteiger partial charge in [-0.3, -0.25) is 9.69 Å². The predicted molar refractivity (Wildman–Crippen MR) is 134 cm³/mol. The Bertz CT molecular complexity index is 1690. The van der Waals surface area contributed by atoms with Crippen LogP contribution in [0.15, 0.2) is 88.6 Å². The summed E-state index contributed by atoms with van der Waals surface area (Å²) in [7, 11) is -3.80. The van der Waals surface area contributed by atoms with Crippen molar-refractivity contribution in [2.24, 2.45) is 0 Å². The second-order valence-electron chi connectivity index (χ2n) is 8.61. The number of halogens is 3. The van der Waals surface area contributed by atoms with Crippen LogP contribution in [-0.4, -0.2) is 38.7 Å². The van der Waals surface area contributed by atoms with Crippen molar-refractivity contribution in [3.05, 3.63) is 94.8 Å². The lowest BCUT2D eigenvalue weighted by Gasteiger charge is -2.15. The van der Waals surface area contributed by atoms with Crippen molar-refractivity contribution in [3.63, 3.8) is 0 Å². The van der Waals surface area contributed by atoms with Crippen molar-refractivity contribution in [2.75, 3.05) is 18.0 Å². The molecule has 12 heteroatoms. The number of ether oxygens (including phenoxy) is 1. The van der Waals surface area contributed by atoms with E-state index in [0.717, 1.165) is 6.07 Å². The number of fused-ring (bicyclic) bond motifs is 1. The molecule has 196 valence electrons. The van der Waals surface area contributed by atoms with E-state index in [4.69, 9.17) is 4.74 Å². The number of nitrogens with zero attached hydrogens (tertiary/aromatic N) is 1. The highest BCUT2D eigenvalue weighted by molar-refractivity contribution is 7.89. The maximum Gasteiger partial charge on any atom is 0.417 e. The molecule has 0 spiro atoms. The third-order valence-electron chi connectivity index (χ3n) is 6.09. The highest BCUT2D eigenvalue weighted by Crippen LogP contribution is 2.36. The monoisotopic (exact) mass is 543 g/mol. The first-order chi connectivity index (χ1) is 18.0. The lowest BCUT2D eigenvalue weighted by atomic mass is 10.0. The SMILES string of the molecule is O=C1OC(CNS(=O)(=O)c2ccccc2)CN1c1ccc2cc(-c3ccccc3C(F)(F)F)[nH]c(=O)c2c1. The molecule has 0 bridgehead atoms. The Kier molecular flexibility index (Phi) is 6.45. The minimum atomic E-state index is -4.60. The summed E-state index contributed by atoms with van der Waals surface area (Å²) in [6, 6.07) is 18.6. The maximum absolute atomic E-state index is 13.5. The van der Waals surface area contributed by atoms with Crippen molar-refractivity contribution >= 4 is 32.6 Å². The number of rotatable bonds is 6. The number of H-pyrrole nitrogens is 1. The number of carbonyl (C=O) groups is 1. The molecule has 1 aliphatic heterocycles. The van der Waals surface area contributed by atoms with Crippen LogP contribution in [0.4, 0.5) is 23.7 Å². The third kappa shape index (κ3) is 5.00. The molecule has 0 radical (unpaired) electrons. The number of alkyl halides is 3. The molecule has 1 aromatic heterocycles. The van der Waals surface area contributed by atoms with Gasteiger partial charge in [-0.05, 0) is 41.8 Å². The molecule has 1 fully saturated rings. The molecular weight excluding hydrogens is 523 g/mol. The van der Waals surface area contributed by atoms with Crippen LogP contribution in [0.2, 0.25) is 0 Å².